The molecule has 0 radical (unpaired) electrons. The van der Waals surface area contributed by atoms with Crippen molar-refractivity contribution in [3.63, 3.8) is 0 Å². The van der Waals surface area contributed by atoms with E-state index in [9.17, 15) is 19.1 Å². The summed E-state index contributed by atoms with van der Waals surface area (Å²) in [6, 6.07) is 12.4. The average molecular weight is 360 g/mol. The molecule has 1 unspecified atom stereocenters. The zero-order valence-electron chi connectivity index (χ0n) is 13.6. The van der Waals surface area contributed by atoms with Gasteiger partial charge in [-0.3, -0.25) is 14.9 Å². The number of methoxy groups -OCH3 is 1. The third-order valence-electron chi connectivity index (χ3n) is 3.30. The maximum absolute atomic E-state index is 12.6. The number of carbonyl (C=O) groups excluding carboxylic acids is 1. The first-order valence-corrected chi connectivity index (χ1v) is 9.07. The molecule has 0 bridgehead atoms. The fourth-order valence-electron chi connectivity index (χ4n) is 2.04. The Bertz CT molecular complexity index is 942. The van der Waals surface area contributed by atoms with E-state index < -0.39 is 20.6 Å². The molecule has 0 aliphatic rings. The molecule has 2 aromatic rings. The molecule has 8 heteroatoms. The molecular weight excluding hydrogens is 344 g/mol. The van der Waals surface area contributed by atoms with Crippen molar-refractivity contribution in [2.45, 2.75) is 4.90 Å². The van der Waals surface area contributed by atoms with E-state index in [2.05, 4.69) is 4.36 Å². The Balaban J connectivity index is 2.27. The quantitative estimate of drug-likeness (QED) is 0.463. The Morgan fingerprint density at radius 1 is 1.20 bits per heavy atom. The molecule has 2 aromatic carbocycles. The van der Waals surface area contributed by atoms with Crippen molar-refractivity contribution in [2.24, 2.45) is 4.36 Å². The predicted octanol–water partition coefficient (Wildman–Crippen LogP) is 3.30. The van der Waals surface area contributed by atoms with Gasteiger partial charge in [0.05, 0.1) is 27.3 Å². The van der Waals surface area contributed by atoms with Crippen molar-refractivity contribution in [3.05, 3.63) is 70.3 Å². The fraction of sp³-hybridized carbons (Fsp3) is 0.118. The first-order valence-electron chi connectivity index (χ1n) is 7.15. The molecule has 0 N–H and O–H groups in total. The Labute approximate surface area is 145 Å². The van der Waals surface area contributed by atoms with Crippen molar-refractivity contribution in [3.8, 4) is 5.75 Å². The van der Waals surface area contributed by atoms with Crippen LogP contribution < -0.4 is 4.74 Å². The van der Waals surface area contributed by atoms with Gasteiger partial charge in [-0.15, -0.1) is 0 Å². The summed E-state index contributed by atoms with van der Waals surface area (Å²) in [5, 5.41) is 10.9. The molecule has 0 spiro atoms. The van der Waals surface area contributed by atoms with E-state index in [0.717, 1.165) is 6.08 Å². The van der Waals surface area contributed by atoms with Crippen LogP contribution in [0.1, 0.15) is 5.56 Å². The van der Waals surface area contributed by atoms with Gasteiger partial charge in [0.2, 0.25) is 0 Å². The highest BCUT2D eigenvalue weighted by Gasteiger charge is 2.11. The van der Waals surface area contributed by atoms with Crippen LogP contribution in [-0.2, 0) is 14.5 Å². The maximum Gasteiger partial charge on any atom is 0.278 e. The van der Waals surface area contributed by atoms with Crippen LogP contribution in [0.3, 0.4) is 0 Å². The molecular formula is C17H16N2O5S. The maximum atomic E-state index is 12.6. The minimum Gasteiger partial charge on any atom is -0.497 e. The van der Waals surface area contributed by atoms with Gasteiger partial charge in [0, 0.05) is 23.3 Å². The number of nitro groups is 1. The molecule has 0 saturated carbocycles. The van der Waals surface area contributed by atoms with Crippen molar-refractivity contribution < 1.29 is 18.7 Å². The highest BCUT2D eigenvalue weighted by Crippen LogP contribution is 2.20. The third kappa shape index (κ3) is 4.74. The molecule has 130 valence electrons. The summed E-state index contributed by atoms with van der Waals surface area (Å²) in [6.07, 6.45) is 3.70. The number of carbonyl (C=O) groups is 1. The molecule has 0 saturated heterocycles. The Hall–Kier alpha value is -3.00. The van der Waals surface area contributed by atoms with Gasteiger partial charge in [0.15, 0.2) is 0 Å². The highest BCUT2D eigenvalue weighted by atomic mass is 32.2. The zero-order chi connectivity index (χ0) is 18.4. The van der Waals surface area contributed by atoms with Crippen LogP contribution in [0, 0.1) is 10.1 Å². The number of nitro benzene ring substituents is 1. The van der Waals surface area contributed by atoms with Gasteiger partial charge in [0.25, 0.3) is 11.6 Å². The number of rotatable bonds is 5. The van der Waals surface area contributed by atoms with E-state index >= 15 is 0 Å². The molecule has 0 fully saturated rings. The van der Waals surface area contributed by atoms with Crippen molar-refractivity contribution >= 4 is 27.4 Å². The van der Waals surface area contributed by atoms with Crippen LogP contribution in [0.2, 0.25) is 0 Å². The van der Waals surface area contributed by atoms with Gasteiger partial charge in [-0.05, 0) is 36.4 Å². The summed E-state index contributed by atoms with van der Waals surface area (Å²) in [6.45, 7) is 0. The smallest absolute Gasteiger partial charge is 0.278 e. The van der Waals surface area contributed by atoms with Gasteiger partial charge < -0.3 is 4.74 Å². The van der Waals surface area contributed by atoms with Gasteiger partial charge in [-0.1, -0.05) is 12.1 Å². The molecule has 1 amide bonds. The highest BCUT2D eigenvalue weighted by molar-refractivity contribution is 7.93. The topological polar surface area (TPSA) is 98.9 Å². The summed E-state index contributed by atoms with van der Waals surface area (Å²) >= 11 is 0. The molecule has 25 heavy (non-hydrogen) atoms. The van der Waals surface area contributed by atoms with Crippen LogP contribution in [-0.4, -0.2) is 28.4 Å². The van der Waals surface area contributed by atoms with E-state index in [1.165, 1.54) is 37.6 Å². The monoisotopic (exact) mass is 360 g/mol. The van der Waals surface area contributed by atoms with Crippen molar-refractivity contribution in [1.82, 2.24) is 0 Å². The van der Waals surface area contributed by atoms with E-state index in [0.29, 0.717) is 10.6 Å². The number of hydrogen-bond donors (Lipinski definition) is 0. The largest absolute Gasteiger partial charge is 0.497 e. The van der Waals surface area contributed by atoms with Gasteiger partial charge in [-0.2, -0.15) is 4.36 Å². The van der Waals surface area contributed by atoms with Crippen LogP contribution in [0.4, 0.5) is 5.69 Å². The molecule has 2 rings (SSSR count). The molecule has 0 aliphatic carbocycles. The number of nitrogens with zero attached hydrogens (tertiary/aromatic N) is 2. The SMILES string of the molecule is COc1ccc(S(C)(=O)=NC(=O)/C=C/c2ccccc2[N+](=O)[O-])cc1. The van der Waals surface area contributed by atoms with Crippen molar-refractivity contribution in [2.75, 3.05) is 13.4 Å². The van der Waals surface area contributed by atoms with Crippen molar-refractivity contribution in [1.29, 1.82) is 0 Å². The van der Waals surface area contributed by atoms with Crippen LogP contribution in [0.25, 0.3) is 6.08 Å². The van der Waals surface area contributed by atoms with Gasteiger partial charge >= 0.3 is 0 Å². The summed E-state index contributed by atoms with van der Waals surface area (Å²) < 4.78 is 21.4. The molecule has 1 atom stereocenters. The summed E-state index contributed by atoms with van der Waals surface area (Å²) in [5.74, 6) is -0.136. The Kier molecular flexibility index (Phi) is 5.66. The van der Waals surface area contributed by atoms with Gasteiger partial charge in [-0.25, -0.2) is 4.21 Å². The van der Waals surface area contributed by atoms with Crippen LogP contribution in [0.5, 0.6) is 5.75 Å². The Morgan fingerprint density at radius 3 is 2.44 bits per heavy atom. The number of para-hydroxylation sites is 1. The third-order valence-corrected chi connectivity index (χ3v) is 4.98. The minimum atomic E-state index is -2.93. The normalized spacial score (nSPS) is 13.2. The van der Waals surface area contributed by atoms with Gasteiger partial charge in [0.1, 0.15) is 5.75 Å². The number of amides is 1. The van der Waals surface area contributed by atoms with E-state index in [1.807, 2.05) is 0 Å². The lowest BCUT2D eigenvalue weighted by atomic mass is 10.1. The lowest BCUT2D eigenvalue weighted by molar-refractivity contribution is -0.385. The van der Waals surface area contributed by atoms with Crippen LogP contribution in [0.15, 0.2) is 63.9 Å². The second kappa shape index (κ2) is 7.71. The lowest BCUT2D eigenvalue weighted by Gasteiger charge is -2.04. The summed E-state index contributed by atoms with van der Waals surface area (Å²) in [4.78, 5) is 22.8. The van der Waals surface area contributed by atoms with E-state index in [4.69, 9.17) is 4.74 Å². The second-order valence-corrected chi connectivity index (χ2v) is 7.32. The fourth-order valence-corrected chi connectivity index (χ4v) is 3.19. The average Bonchev–Trinajstić information content (AvgIpc) is 2.59. The summed E-state index contributed by atoms with van der Waals surface area (Å²) in [5.41, 5.74) is 0.141. The second-order valence-electron chi connectivity index (χ2n) is 5.06. The number of hydrogen-bond acceptors (Lipinski definition) is 5. The first-order chi connectivity index (χ1) is 11.8. The molecule has 0 heterocycles. The molecule has 7 nitrogen and oxygen atoms in total. The molecule has 0 aromatic heterocycles. The van der Waals surface area contributed by atoms with Crippen LogP contribution >= 0.6 is 0 Å². The first kappa shape index (κ1) is 18.3. The lowest BCUT2D eigenvalue weighted by Crippen LogP contribution is -2.01. The predicted molar refractivity (Wildman–Crippen MR) is 94.9 cm³/mol. The van der Waals surface area contributed by atoms with E-state index in [-0.39, 0.29) is 11.3 Å². The Morgan fingerprint density at radius 2 is 1.84 bits per heavy atom. The number of benzene rings is 2. The standard InChI is InChI=1S/C17H16N2O5S/c1-24-14-8-10-15(11-9-14)25(2,23)18-17(20)12-7-13-5-3-4-6-16(13)19(21)22/h3-12H,1-2H3/b12-7+. The van der Waals surface area contributed by atoms with E-state index in [1.54, 1.807) is 30.3 Å². The number of ether oxygens (including phenoxy) is 1. The molecule has 0 aliphatic heterocycles. The zero-order valence-corrected chi connectivity index (χ0v) is 14.4. The summed E-state index contributed by atoms with van der Waals surface area (Å²) in [7, 11) is -1.42. The minimum absolute atomic E-state index is 0.126.